The van der Waals surface area contributed by atoms with Crippen LogP contribution in [-0.2, 0) is 9.78 Å². The first kappa shape index (κ1) is 18.3. The summed E-state index contributed by atoms with van der Waals surface area (Å²) in [5.41, 5.74) is 0.870. The van der Waals surface area contributed by atoms with Crippen LogP contribution in [0.25, 0.3) is 0 Å². The van der Waals surface area contributed by atoms with E-state index in [0.717, 1.165) is 35.5 Å². The second-order valence-corrected chi connectivity index (χ2v) is 12.1. The van der Waals surface area contributed by atoms with E-state index in [1.807, 2.05) is 0 Å². The third-order valence-electron chi connectivity index (χ3n) is 8.48. The molecule has 25 heavy (non-hydrogen) atoms. The average Bonchev–Trinajstić information content (AvgIpc) is 2.83. The van der Waals surface area contributed by atoms with Gasteiger partial charge in [0, 0.05) is 0 Å². The molecule has 1 aliphatic heterocycles. The molecule has 0 aromatic heterocycles. The van der Waals surface area contributed by atoms with Crippen molar-refractivity contribution in [3.63, 3.8) is 0 Å². The first-order valence-corrected chi connectivity index (χ1v) is 10.9. The maximum Gasteiger partial charge on any atom is 0.0935 e. The fraction of sp³-hybridized carbons (Fsp3) is 1.00. The zero-order valence-corrected chi connectivity index (χ0v) is 17.4. The number of rotatable bonds is 1. The maximum absolute atomic E-state index is 5.83. The Hall–Kier alpha value is -0.0800. The van der Waals surface area contributed by atoms with Crippen molar-refractivity contribution >= 4 is 0 Å². The normalized spacial score (nSPS) is 47.8. The lowest BCUT2D eigenvalue weighted by Crippen LogP contribution is -2.44. The van der Waals surface area contributed by atoms with E-state index in [9.17, 15) is 0 Å². The second kappa shape index (κ2) is 6.23. The summed E-state index contributed by atoms with van der Waals surface area (Å²) in [4.78, 5) is 11.5. The van der Waals surface area contributed by atoms with E-state index >= 15 is 0 Å². The smallest absolute Gasteiger partial charge is 0.0935 e. The summed E-state index contributed by atoms with van der Waals surface area (Å²) in [6.45, 7) is 14.8. The Balaban J connectivity index is 1.57. The molecular formula is C23H40O2. The van der Waals surface area contributed by atoms with Crippen LogP contribution < -0.4 is 0 Å². The summed E-state index contributed by atoms with van der Waals surface area (Å²) in [5.74, 6) is 5.30. The monoisotopic (exact) mass is 348 g/mol. The van der Waals surface area contributed by atoms with Gasteiger partial charge in [-0.3, -0.25) is 0 Å². The lowest BCUT2D eigenvalue weighted by molar-refractivity contribution is -0.357. The van der Waals surface area contributed by atoms with Gasteiger partial charge in [-0.25, -0.2) is 9.78 Å². The molecule has 0 aromatic carbocycles. The van der Waals surface area contributed by atoms with Gasteiger partial charge in [-0.15, -0.1) is 0 Å². The molecule has 0 spiro atoms. The highest BCUT2D eigenvalue weighted by Crippen LogP contribution is 2.57. The SMILES string of the molecule is CC(C)(C)C1CC(C2CC3CC4CC(CC42)OO3)CC(C(C)(C)C)C1. The molecule has 4 fully saturated rings. The Bertz CT molecular complexity index is 463. The minimum atomic E-state index is 0.375. The summed E-state index contributed by atoms with van der Waals surface area (Å²) in [6, 6.07) is 0. The molecule has 3 bridgehead atoms. The van der Waals surface area contributed by atoms with E-state index < -0.39 is 0 Å². The minimum absolute atomic E-state index is 0.375. The number of fused-ring (bicyclic) bond motifs is 2. The van der Waals surface area contributed by atoms with E-state index in [0.29, 0.717) is 23.0 Å². The molecule has 0 radical (unpaired) electrons. The molecule has 0 amide bonds. The summed E-state index contributed by atoms with van der Waals surface area (Å²) >= 11 is 0. The zero-order chi connectivity index (χ0) is 18.0. The van der Waals surface area contributed by atoms with Crippen LogP contribution in [-0.4, -0.2) is 12.2 Å². The topological polar surface area (TPSA) is 18.5 Å². The quantitative estimate of drug-likeness (QED) is 0.522. The van der Waals surface area contributed by atoms with Crippen LogP contribution in [0, 0.1) is 46.3 Å². The van der Waals surface area contributed by atoms with Crippen molar-refractivity contribution in [2.75, 3.05) is 0 Å². The van der Waals surface area contributed by atoms with Crippen LogP contribution in [0.1, 0.15) is 86.5 Å². The Labute approximate surface area is 155 Å². The van der Waals surface area contributed by atoms with Crippen molar-refractivity contribution in [1.29, 1.82) is 0 Å². The zero-order valence-electron chi connectivity index (χ0n) is 17.4. The van der Waals surface area contributed by atoms with E-state index in [2.05, 4.69) is 41.5 Å². The van der Waals surface area contributed by atoms with Crippen molar-refractivity contribution in [2.45, 2.75) is 98.7 Å². The summed E-state index contributed by atoms with van der Waals surface area (Å²) in [6.07, 6.45) is 10.1. The van der Waals surface area contributed by atoms with Gasteiger partial charge >= 0.3 is 0 Å². The van der Waals surface area contributed by atoms with Crippen molar-refractivity contribution < 1.29 is 9.78 Å². The summed E-state index contributed by atoms with van der Waals surface area (Å²) in [7, 11) is 0. The third kappa shape index (κ3) is 3.55. The van der Waals surface area contributed by atoms with Gasteiger partial charge in [0.1, 0.15) is 0 Å². The highest BCUT2D eigenvalue weighted by Gasteiger charge is 2.52. The molecular weight excluding hydrogens is 308 g/mol. The first-order chi connectivity index (χ1) is 11.6. The summed E-state index contributed by atoms with van der Waals surface area (Å²) < 4.78 is 0. The van der Waals surface area contributed by atoms with Gasteiger partial charge < -0.3 is 0 Å². The van der Waals surface area contributed by atoms with E-state index in [1.54, 1.807) is 0 Å². The van der Waals surface area contributed by atoms with Gasteiger partial charge in [0.25, 0.3) is 0 Å². The van der Waals surface area contributed by atoms with E-state index in [-0.39, 0.29) is 0 Å². The second-order valence-electron chi connectivity index (χ2n) is 12.1. The lowest BCUT2D eigenvalue weighted by Gasteiger charge is -2.51. The van der Waals surface area contributed by atoms with Gasteiger partial charge in [0.15, 0.2) is 0 Å². The highest BCUT2D eigenvalue weighted by atomic mass is 17.2. The molecule has 0 aromatic rings. The van der Waals surface area contributed by atoms with Gasteiger partial charge in [-0.1, -0.05) is 41.5 Å². The Morgan fingerprint density at radius 3 is 1.32 bits per heavy atom. The number of hydrogen-bond donors (Lipinski definition) is 0. The molecule has 0 N–H and O–H groups in total. The summed E-state index contributed by atoms with van der Waals surface area (Å²) in [5, 5.41) is 0. The van der Waals surface area contributed by atoms with Crippen LogP contribution in [0.5, 0.6) is 0 Å². The van der Waals surface area contributed by atoms with Gasteiger partial charge in [0.2, 0.25) is 0 Å². The van der Waals surface area contributed by atoms with Crippen molar-refractivity contribution in [2.24, 2.45) is 46.3 Å². The predicted octanol–water partition coefficient (Wildman–Crippen LogP) is 6.25. The molecule has 3 saturated carbocycles. The molecule has 1 heterocycles. The molecule has 2 nitrogen and oxygen atoms in total. The van der Waals surface area contributed by atoms with E-state index in [1.165, 1.54) is 44.9 Å². The van der Waals surface area contributed by atoms with Crippen molar-refractivity contribution in [3.8, 4) is 0 Å². The predicted molar refractivity (Wildman–Crippen MR) is 102 cm³/mol. The van der Waals surface area contributed by atoms with Crippen LogP contribution >= 0.6 is 0 Å². The van der Waals surface area contributed by atoms with Gasteiger partial charge in [0.05, 0.1) is 12.2 Å². The van der Waals surface area contributed by atoms with E-state index in [4.69, 9.17) is 9.78 Å². The fourth-order valence-corrected chi connectivity index (χ4v) is 6.80. The molecule has 1 saturated heterocycles. The molecule has 144 valence electrons. The third-order valence-corrected chi connectivity index (χ3v) is 8.48. The first-order valence-electron chi connectivity index (χ1n) is 10.9. The average molecular weight is 349 g/mol. The number of hydrogen-bond acceptors (Lipinski definition) is 2. The van der Waals surface area contributed by atoms with Gasteiger partial charge in [-0.2, -0.15) is 0 Å². The van der Waals surface area contributed by atoms with Crippen LogP contribution in [0.4, 0.5) is 0 Å². The van der Waals surface area contributed by atoms with Gasteiger partial charge in [-0.05, 0) is 91.3 Å². The molecule has 2 heteroatoms. The molecule has 3 aliphatic carbocycles. The van der Waals surface area contributed by atoms with Crippen LogP contribution in [0.2, 0.25) is 0 Å². The van der Waals surface area contributed by atoms with Crippen molar-refractivity contribution in [3.05, 3.63) is 0 Å². The van der Waals surface area contributed by atoms with Crippen LogP contribution in [0.15, 0.2) is 0 Å². The van der Waals surface area contributed by atoms with Crippen molar-refractivity contribution in [1.82, 2.24) is 0 Å². The fourth-order valence-electron chi connectivity index (χ4n) is 6.80. The Morgan fingerprint density at radius 1 is 0.520 bits per heavy atom. The molecule has 7 atom stereocenters. The molecule has 4 rings (SSSR count). The Morgan fingerprint density at radius 2 is 0.920 bits per heavy atom. The minimum Gasteiger partial charge on any atom is -0.233 e. The standard InChI is InChI=1S/C23H40O2/c1-22(2,3)16-7-14(8-17(11-16)23(4,5)6)20-12-18-9-15-10-19(25-24-18)13-21(15)20/h14-21H,7-13H2,1-6H3. The maximum atomic E-state index is 5.83. The van der Waals surface area contributed by atoms with Crippen LogP contribution in [0.3, 0.4) is 0 Å². The Kier molecular flexibility index (Phi) is 4.56. The molecule has 7 unspecified atom stereocenters. The molecule has 4 aliphatic rings. The highest BCUT2D eigenvalue weighted by molar-refractivity contribution is 5.00. The largest absolute Gasteiger partial charge is 0.233 e. The lowest BCUT2D eigenvalue weighted by atomic mass is 9.55.